The van der Waals surface area contributed by atoms with Crippen molar-refractivity contribution in [2.24, 2.45) is 0 Å². The van der Waals surface area contributed by atoms with Crippen LogP contribution in [0.4, 0.5) is 13.2 Å². The molecule has 2 aromatic carbocycles. The van der Waals surface area contributed by atoms with E-state index in [0.717, 1.165) is 24.3 Å². The minimum Gasteiger partial charge on any atom is -0.484 e. The Morgan fingerprint density at radius 1 is 1.03 bits per heavy atom. The van der Waals surface area contributed by atoms with Crippen molar-refractivity contribution >= 4 is 23.4 Å². The van der Waals surface area contributed by atoms with E-state index in [2.05, 4.69) is 5.32 Å². The normalized spacial score (nSPS) is 15.0. The Bertz CT molecular complexity index is 878. The van der Waals surface area contributed by atoms with Crippen LogP contribution in [-0.2, 0) is 11.0 Å². The Morgan fingerprint density at radius 2 is 1.63 bits per heavy atom. The Balaban J connectivity index is 1.44. The standard InChI is InChI=1S/C21H20ClF3N2O3/c22-16-5-7-18(8-6-16)30-13-19(28)27-11-9-17(10-12-27)26-20(29)14-1-3-15(4-2-14)21(23,24)25/h1-8,17H,9-13H2,(H,26,29). The number of nitrogens with one attached hydrogen (secondary N) is 1. The molecule has 0 radical (unpaired) electrons. The van der Waals surface area contributed by atoms with Gasteiger partial charge in [0.15, 0.2) is 6.61 Å². The summed E-state index contributed by atoms with van der Waals surface area (Å²) in [7, 11) is 0. The number of likely N-dealkylation sites (tertiary alicyclic amines) is 1. The van der Waals surface area contributed by atoms with Crippen molar-refractivity contribution in [1.82, 2.24) is 10.2 Å². The minimum atomic E-state index is -4.44. The summed E-state index contributed by atoms with van der Waals surface area (Å²) in [5.74, 6) is -0.0384. The number of halogens is 4. The zero-order chi connectivity index (χ0) is 21.7. The van der Waals surface area contributed by atoms with Crippen molar-refractivity contribution in [1.29, 1.82) is 0 Å². The molecule has 1 saturated heterocycles. The van der Waals surface area contributed by atoms with E-state index in [0.29, 0.717) is 36.7 Å². The lowest BCUT2D eigenvalue weighted by Crippen LogP contribution is -2.47. The quantitative estimate of drug-likeness (QED) is 0.759. The van der Waals surface area contributed by atoms with Gasteiger partial charge in [0.05, 0.1) is 5.56 Å². The predicted octanol–water partition coefficient (Wildman–Crippen LogP) is 4.16. The molecule has 160 valence electrons. The third-order valence-corrected chi connectivity index (χ3v) is 5.09. The number of hydrogen-bond acceptors (Lipinski definition) is 3. The number of carbonyl (C=O) groups excluding carboxylic acids is 2. The lowest BCUT2D eigenvalue weighted by atomic mass is 10.0. The van der Waals surface area contributed by atoms with Gasteiger partial charge >= 0.3 is 6.18 Å². The minimum absolute atomic E-state index is 0.0930. The summed E-state index contributed by atoms with van der Waals surface area (Å²) >= 11 is 5.80. The molecule has 0 aromatic heterocycles. The van der Waals surface area contributed by atoms with Crippen molar-refractivity contribution in [3.8, 4) is 5.75 Å². The fourth-order valence-electron chi connectivity index (χ4n) is 3.12. The summed E-state index contributed by atoms with van der Waals surface area (Å²) in [6.45, 7) is 0.825. The van der Waals surface area contributed by atoms with Crippen LogP contribution in [0.25, 0.3) is 0 Å². The van der Waals surface area contributed by atoms with Gasteiger partial charge in [-0.2, -0.15) is 13.2 Å². The van der Waals surface area contributed by atoms with E-state index in [1.54, 1.807) is 29.2 Å². The monoisotopic (exact) mass is 440 g/mol. The topological polar surface area (TPSA) is 58.6 Å². The van der Waals surface area contributed by atoms with E-state index in [4.69, 9.17) is 16.3 Å². The highest BCUT2D eigenvalue weighted by Gasteiger charge is 2.30. The Hall–Kier alpha value is -2.74. The van der Waals surface area contributed by atoms with Crippen molar-refractivity contribution in [2.45, 2.75) is 25.1 Å². The number of rotatable bonds is 5. The first kappa shape index (κ1) is 22.0. The largest absolute Gasteiger partial charge is 0.484 e. The van der Waals surface area contributed by atoms with Gasteiger partial charge in [0.1, 0.15) is 5.75 Å². The van der Waals surface area contributed by atoms with Crippen molar-refractivity contribution in [2.75, 3.05) is 19.7 Å². The number of benzene rings is 2. The number of alkyl halides is 3. The van der Waals surface area contributed by atoms with Crippen LogP contribution in [0.15, 0.2) is 48.5 Å². The fourth-order valence-corrected chi connectivity index (χ4v) is 3.25. The summed E-state index contributed by atoms with van der Waals surface area (Å²) in [5.41, 5.74) is -0.635. The van der Waals surface area contributed by atoms with Crippen LogP contribution in [0.3, 0.4) is 0 Å². The van der Waals surface area contributed by atoms with Crippen LogP contribution in [0, 0.1) is 0 Å². The van der Waals surface area contributed by atoms with Crippen LogP contribution in [0.2, 0.25) is 5.02 Å². The average Bonchev–Trinajstić information content (AvgIpc) is 2.73. The molecule has 1 heterocycles. The van der Waals surface area contributed by atoms with Gasteiger partial charge in [-0.05, 0) is 61.4 Å². The first-order valence-electron chi connectivity index (χ1n) is 9.36. The van der Waals surface area contributed by atoms with Crippen LogP contribution < -0.4 is 10.1 Å². The predicted molar refractivity (Wildman–Crippen MR) is 105 cm³/mol. The second kappa shape index (κ2) is 9.38. The average molecular weight is 441 g/mol. The SMILES string of the molecule is O=C(NC1CCN(C(=O)COc2ccc(Cl)cc2)CC1)c1ccc(C(F)(F)F)cc1. The third-order valence-electron chi connectivity index (χ3n) is 4.83. The van der Waals surface area contributed by atoms with E-state index in [-0.39, 0.29) is 24.1 Å². The molecule has 0 unspecified atom stereocenters. The Labute approximate surface area is 176 Å². The van der Waals surface area contributed by atoms with Crippen LogP contribution in [0.5, 0.6) is 5.75 Å². The number of carbonyl (C=O) groups is 2. The van der Waals surface area contributed by atoms with Gasteiger partial charge in [-0.1, -0.05) is 11.6 Å². The molecule has 0 saturated carbocycles. The number of ether oxygens (including phenoxy) is 1. The van der Waals surface area contributed by atoms with Crippen LogP contribution in [0.1, 0.15) is 28.8 Å². The molecule has 0 spiro atoms. The Kier molecular flexibility index (Phi) is 6.87. The van der Waals surface area contributed by atoms with Gasteiger partial charge in [0, 0.05) is 29.7 Å². The second-order valence-electron chi connectivity index (χ2n) is 6.95. The van der Waals surface area contributed by atoms with Crippen molar-refractivity contribution in [3.63, 3.8) is 0 Å². The van der Waals surface area contributed by atoms with Crippen molar-refractivity contribution in [3.05, 3.63) is 64.7 Å². The lowest BCUT2D eigenvalue weighted by molar-refractivity contribution is -0.137. The van der Waals surface area contributed by atoms with Gasteiger partial charge in [0.25, 0.3) is 11.8 Å². The van der Waals surface area contributed by atoms with E-state index in [1.165, 1.54) is 0 Å². The highest BCUT2D eigenvalue weighted by atomic mass is 35.5. The maximum absolute atomic E-state index is 12.6. The van der Waals surface area contributed by atoms with E-state index in [1.807, 2.05) is 0 Å². The Morgan fingerprint density at radius 3 is 2.20 bits per heavy atom. The maximum atomic E-state index is 12.6. The molecular weight excluding hydrogens is 421 g/mol. The highest BCUT2D eigenvalue weighted by Crippen LogP contribution is 2.29. The zero-order valence-corrected chi connectivity index (χ0v) is 16.7. The molecule has 2 amide bonds. The summed E-state index contributed by atoms with van der Waals surface area (Å²) in [6.07, 6.45) is -3.33. The third kappa shape index (κ3) is 5.89. The van der Waals surface area contributed by atoms with Gasteiger partial charge in [0.2, 0.25) is 0 Å². The number of hydrogen-bond donors (Lipinski definition) is 1. The molecule has 1 fully saturated rings. The number of amides is 2. The highest BCUT2D eigenvalue weighted by molar-refractivity contribution is 6.30. The number of piperidine rings is 1. The second-order valence-corrected chi connectivity index (χ2v) is 7.38. The molecular formula is C21H20ClF3N2O3. The summed E-state index contributed by atoms with van der Waals surface area (Å²) in [4.78, 5) is 26.2. The fraction of sp³-hybridized carbons (Fsp3) is 0.333. The molecule has 0 bridgehead atoms. The van der Waals surface area contributed by atoms with Gasteiger partial charge < -0.3 is 15.0 Å². The molecule has 0 aliphatic carbocycles. The van der Waals surface area contributed by atoms with E-state index >= 15 is 0 Å². The van der Waals surface area contributed by atoms with Gasteiger partial charge in [-0.15, -0.1) is 0 Å². The molecule has 2 aromatic rings. The van der Waals surface area contributed by atoms with Crippen molar-refractivity contribution < 1.29 is 27.5 Å². The maximum Gasteiger partial charge on any atom is 0.416 e. The summed E-state index contributed by atoms with van der Waals surface area (Å²) < 4.78 is 43.3. The smallest absolute Gasteiger partial charge is 0.416 e. The van der Waals surface area contributed by atoms with Crippen LogP contribution >= 0.6 is 11.6 Å². The summed E-state index contributed by atoms with van der Waals surface area (Å²) in [6, 6.07) is 10.6. The zero-order valence-electron chi connectivity index (χ0n) is 15.9. The molecule has 1 N–H and O–H groups in total. The first-order chi connectivity index (χ1) is 14.2. The molecule has 1 aliphatic rings. The van der Waals surface area contributed by atoms with Gasteiger partial charge in [-0.3, -0.25) is 9.59 Å². The molecule has 9 heteroatoms. The van der Waals surface area contributed by atoms with Crippen LogP contribution in [-0.4, -0.2) is 42.5 Å². The summed E-state index contributed by atoms with van der Waals surface area (Å²) in [5, 5.41) is 3.39. The molecule has 0 atom stereocenters. The van der Waals surface area contributed by atoms with E-state index < -0.39 is 17.6 Å². The molecule has 30 heavy (non-hydrogen) atoms. The number of nitrogens with zero attached hydrogens (tertiary/aromatic N) is 1. The van der Waals surface area contributed by atoms with Gasteiger partial charge in [-0.25, -0.2) is 0 Å². The lowest BCUT2D eigenvalue weighted by Gasteiger charge is -2.32. The molecule has 3 rings (SSSR count). The molecule has 1 aliphatic heterocycles. The van der Waals surface area contributed by atoms with E-state index in [9.17, 15) is 22.8 Å². The first-order valence-corrected chi connectivity index (χ1v) is 9.74. The molecule has 5 nitrogen and oxygen atoms in total.